The Hall–Kier alpha value is -4.40. The Labute approximate surface area is 214 Å². The van der Waals surface area contributed by atoms with Crippen LogP contribution in [0.2, 0.25) is 0 Å². The number of carbonyl (C=O) groups excluding carboxylic acids is 2. The van der Waals surface area contributed by atoms with E-state index in [1.54, 1.807) is 39.5 Å². The van der Waals surface area contributed by atoms with E-state index in [9.17, 15) is 14.0 Å². The highest BCUT2D eigenvalue weighted by Gasteiger charge is 2.36. The van der Waals surface area contributed by atoms with Gasteiger partial charge in [0.1, 0.15) is 29.6 Å². The van der Waals surface area contributed by atoms with E-state index in [2.05, 4.69) is 5.10 Å². The Kier molecular flexibility index (Phi) is 7.71. The van der Waals surface area contributed by atoms with Crippen LogP contribution in [0.3, 0.4) is 0 Å². The molecule has 2 amide bonds. The molecule has 37 heavy (non-hydrogen) atoms. The molecule has 0 unspecified atom stereocenters. The fourth-order valence-corrected chi connectivity index (χ4v) is 4.25. The molecule has 3 aromatic carbocycles. The van der Waals surface area contributed by atoms with Crippen LogP contribution in [0.4, 0.5) is 4.39 Å². The minimum absolute atomic E-state index is 0.106. The van der Waals surface area contributed by atoms with E-state index in [4.69, 9.17) is 14.2 Å². The molecule has 0 saturated heterocycles. The van der Waals surface area contributed by atoms with Crippen LogP contribution in [-0.2, 0) is 4.79 Å². The van der Waals surface area contributed by atoms with Gasteiger partial charge in [-0.15, -0.1) is 0 Å². The third-order valence-electron chi connectivity index (χ3n) is 6.19. The van der Waals surface area contributed by atoms with Gasteiger partial charge in [0.15, 0.2) is 0 Å². The fourth-order valence-electron chi connectivity index (χ4n) is 4.25. The second kappa shape index (κ2) is 11.1. The Bertz CT molecular complexity index is 1340. The van der Waals surface area contributed by atoms with E-state index < -0.39 is 23.7 Å². The maximum absolute atomic E-state index is 14.2. The molecular formula is C28H28FN3O5. The molecule has 9 heteroatoms. The summed E-state index contributed by atoms with van der Waals surface area (Å²) in [6, 6.07) is 17.9. The molecule has 0 aromatic heterocycles. The second-order valence-corrected chi connectivity index (χ2v) is 8.49. The summed E-state index contributed by atoms with van der Waals surface area (Å²) in [7, 11) is 6.15. The summed E-state index contributed by atoms with van der Waals surface area (Å²) < 4.78 is 30.5. The first-order valence-corrected chi connectivity index (χ1v) is 11.6. The molecule has 0 saturated carbocycles. The molecule has 0 radical (unpaired) electrons. The van der Waals surface area contributed by atoms with Crippen LogP contribution in [0.5, 0.6) is 17.2 Å². The van der Waals surface area contributed by atoms with Crippen LogP contribution >= 0.6 is 0 Å². The van der Waals surface area contributed by atoms with E-state index >= 15 is 0 Å². The maximum Gasteiger partial charge on any atom is 0.262 e. The minimum atomic E-state index is -0.648. The number of ether oxygens (including phenoxy) is 3. The molecule has 0 N–H and O–H groups in total. The Morgan fingerprint density at radius 3 is 2.41 bits per heavy atom. The van der Waals surface area contributed by atoms with Gasteiger partial charge in [-0.1, -0.05) is 24.3 Å². The van der Waals surface area contributed by atoms with Gasteiger partial charge in [0.25, 0.3) is 11.8 Å². The van der Waals surface area contributed by atoms with Crippen LogP contribution in [0.15, 0.2) is 71.8 Å². The summed E-state index contributed by atoms with van der Waals surface area (Å²) >= 11 is 0. The molecule has 1 atom stereocenters. The smallest absolute Gasteiger partial charge is 0.262 e. The van der Waals surface area contributed by atoms with Crippen molar-refractivity contribution in [3.8, 4) is 17.2 Å². The van der Waals surface area contributed by atoms with Gasteiger partial charge < -0.3 is 19.1 Å². The number of nitrogens with zero attached hydrogens (tertiary/aromatic N) is 3. The predicted octanol–water partition coefficient (Wildman–Crippen LogP) is 4.30. The third-order valence-corrected chi connectivity index (χ3v) is 6.19. The first-order chi connectivity index (χ1) is 17.9. The number of carbonyl (C=O) groups is 2. The molecule has 8 nitrogen and oxygen atoms in total. The molecule has 3 aromatic rings. The van der Waals surface area contributed by atoms with E-state index in [0.717, 1.165) is 5.56 Å². The largest absolute Gasteiger partial charge is 0.497 e. The standard InChI is InChI=1S/C28H28FN3O5/c1-31(28(34)21-10-5-6-11-23(21)29)17-27(33)32-25(22-15-20(36-3)12-13-26(22)37-4)16-24(30-32)18-8-7-9-19(14-18)35-2/h5-15,25H,16-17H2,1-4H3/t25-/m0/s1. The number of hydrogen-bond acceptors (Lipinski definition) is 6. The zero-order valence-corrected chi connectivity index (χ0v) is 21.1. The van der Waals surface area contributed by atoms with Crippen molar-refractivity contribution in [2.24, 2.45) is 5.10 Å². The van der Waals surface area contributed by atoms with Gasteiger partial charge in [0.2, 0.25) is 0 Å². The van der Waals surface area contributed by atoms with Crippen LogP contribution in [0.25, 0.3) is 0 Å². The molecule has 1 heterocycles. The average molecular weight is 506 g/mol. The van der Waals surface area contributed by atoms with Crippen molar-refractivity contribution in [3.05, 3.63) is 89.2 Å². The monoisotopic (exact) mass is 505 g/mol. The average Bonchev–Trinajstić information content (AvgIpc) is 3.38. The lowest BCUT2D eigenvalue weighted by Gasteiger charge is -2.26. The summed E-state index contributed by atoms with van der Waals surface area (Å²) in [5, 5.41) is 6.02. The van der Waals surface area contributed by atoms with Crippen LogP contribution < -0.4 is 14.2 Å². The predicted molar refractivity (Wildman–Crippen MR) is 137 cm³/mol. The highest BCUT2D eigenvalue weighted by Crippen LogP contribution is 2.39. The Balaban J connectivity index is 1.68. The lowest BCUT2D eigenvalue weighted by Crippen LogP contribution is -2.39. The highest BCUT2D eigenvalue weighted by molar-refractivity contribution is 6.04. The number of benzene rings is 3. The number of rotatable bonds is 8. The molecule has 0 fully saturated rings. The SMILES string of the molecule is COc1cccc(C2=NN(C(=O)CN(C)C(=O)c3ccccc3F)[C@H](c3cc(OC)ccc3OC)C2)c1. The van der Waals surface area contributed by atoms with E-state index in [1.807, 2.05) is 30.3 Å². The number of methoxy groups -OCH3 is 3. The number of hydrogen-bond donors (Lipinski definition) is 0. The van der Waals surface area contributed by atoms with Gasteiger partial charge in [-0.3, -0.25) is 9.59 Å². The van der Waals surface area contributed by atoms with Gasteiger partial charge in [0.05, 0.1) is 38.6 Å². The molecule has 0 spiro atoms. The van der Waals surface area contributed by atoms with Gasteiger partial charge >= 0.3 is 0 Å². The van der Waals surface area contributed by atoms with Crippen molar-refractivity contribution in [1.29, 1.82) is 0 Å². The van der Waals surface area contributed by atoms with Crippen molar-refractivity contribution >= 4 is 17.5 Å². The molecule has 192 valence electrons. The summed E-state index contributed by atoms with van der Waals surface area (Å²) in [6.45, 7) is -0.301. The van der Waals surface area contributed by atoms with Crippen molar-refractivity contribution in [1.82, 2.24) is 9.91 Å². The van der Waals surface area contributed by atoms with Crippen molar-refractivity contribution < 1.29 is 28.2 Å². The van der Waals surface area contributed by atoms with E-state index in [-0.39, 0.29) is 12.1 Å². The summed E-state index contributed by atoms with van der Waals surface area (Å²) in [4.78, 5) is 27.6. The first kappa shape index (κ1) is 25.7. The molecular weight excluding hydrogens is 477 g/mol. The van der Waals surface area contributed by atoms with Crippen LogP contribution in [0, 0.1) is 5.82 Å². The van der Waals surface area contributed by atoms with E-state index in [1.165, 1.54) is 35.2 Å². The van der Waals surface area contributed by atoms with Crippen molar-refractivity contribution in [2.45, 2.75) is 12.5 Å². The van der Waals surface area contributed by atoms with Crippen LogP contribution in [0.1, 0.15) is 33.9 Å². The lowest BCUT2D eigenvalue weighted by molar-refractivity contribution is -0.133. The zero-order valence-electron chi connectivity index (χ0n) is 21.1. The molecule has 0 bridgehead atoms. The quantitative estimate of drug-likeness (QED) is 0.456. The van der Waals surface area contributed by atoms with Gasteiger partial charge in [-0.25, -0.2) is 9.40 Å². The molecule has 4 rings (SSSR count). The summed E-state index contributed by atoms with van der Waals surface area (Å²) in [5.74, 6) is 0.158. The molecule has 1 aliphatic heterocycles. The lowest BCUT2D eigenvalue weighted by atomic mass is 9.97. The highest BCUT2D eigenvalue weighted by atomic mass is 19.1. The second-order valence-electron chi connectivity index (χ2n) is 8.49. The zero-order chi connectivity index (χ0) is 26.5. The van der Waals surface area contributed by atoms with Gasteiger partial charge in [0, 0.05) is 24.6 Å². The number of hydrazone groups is 1. The maximum atomic E-state index is 14.2. The Morgan fingerprint density at radius 1 is 0.973 bits per heavy atom. The van der Waals surface area contributed by atoms with Crippen molar-refractivity contribution in [3.63, 3.8) is 0 Å². The van der Waals surface area contributed by atoms with Gasteiger partial charge in [-0.05, 0) is 42.5 Å². The first-order valence-electron chi connectivity index (χ1n) is 11.6. The number of likely N-dealkylation sites (N-methyl/N-ethyl adjacent to an activating group) is 1. The molecule has 1 aliphatic rings. The minimum Gasteiger partial charge on any atom is -0.497 e. The van der Waals surface area contributed by atoms with E-state index in [0.29, 0.717) is 34.9 Å². The number of halogens is 1. The van der Waals surface area contributed by atoms with Crippen LogP contribution in [-0.4, -0.2) is 62.4 Å². The van der Waals surface area contributed by atoms with Gasteiger partial charge in [-0.2, -0.15) is 5.10 Å². The van der Waals surface area contributed by atoms with Crippen molar-refractivity contribution in [2.75, 3.05) is 34.9 Å². The molecule has 0 aliphatic carbocycles. The number of amides is 2. The normalized spacial score (nSPS) is 14.7. The topological polar surface area (TPSA) is 80.7 Å². The summed E-state index contributed by atoms with van der Waals surface area (Å²) in [5.41, 5.74) is 2.08. The third kappa shape index (κ3) is 5.40. The Morgan fingerprint density at radius 2 is 1.70 bits per heavy atom. The fraction of sp³-hybridized carbons (Fsp3) is 0.250. The summed E-state index contributed by atoms with van der Waals surface area (Å²) in [6.07, 6.45) is 0.396.